The summed E-state index contributed by atoms with van der Waals surface area (Å²) >= 11 is 11.0. The molecule has 0 heterocycles. The minimum absolute atomic E-state index is 0.0131. The van der Waals surface area contributed by atoms with E-state index >= 15 is 0 Å². The fraction of sp³-hybridized carbons (Fsp3) is 0.125. The molecule has 0 unspecified atom stereocenters. The number of carboxylic acids is 1. The van der Waals surface area contributed by atoms with Crippen LogP contribution in [0.3, 0.4) is 0 Å². The Bertz CT molecular complexity index is 396. The molecule has 0 amide bonds. The third kappa shape index (κ3) is 2.94. The molecule has 0 N–H and O–H groups in total. The molecule has 7 heteroatoms. The lowest BCUT2D eigenvalue weighted by Gasteiger charge is -2.13. The normalized spacial score (nSPS) is 10.5. The third-order valence-electron chi connectivity index (χ3n) is 1.44. The van der Waals surface area contributed by atoms with E-state index in [-0.39, 0.29) is 10.0 Å². The van der Waals surface area contributed by atoms with Crippen molar-refractivity contribution >= 4 is 29.2 Å². The number of benzene rings is 1. The minimum atomic E-state index is -3.18. The van der Waals surface area contributed by atoms with Gasteiger partial charge in [-0.15, -0.1) is 0 Å². The Labute approximate surface area is 93.2 Å². The van der Waals surface area contributed by atoms with Crippen molar-refractivity contribution in [3.8, 4) is 5.75 Å². The topological polar surface area (TPSA) is 49.4 Å². The number of hydrogen-bond acceptors (Lipinski definition) is 3. The Balaban J connectivity index is 3.27. The van der Waals surface area contributed by atoms with Crippen molar-refractivity contribution in [2.24, 2.45) is 0 Å². The van der Waals surface area contributed by atoms with Crippen LogP contribution in [-0.4, -0.2) is 12.6 Å². The highest BCUT2D eigenvalue weighted by Gasteiger charge is 2.15. The number of carbonyl (C=O) groups is 1. The largest absolute Gasteiger partial charge is 0.545 e. The Morgan fingerprint density at radius 1 is 1.40 bits per heavy atom. The molecule has 0 aliphatic rings. The fourth-order valence-electron chi connectivity index (χ4n) is 0.921. The second-order valence-corrected chi connectivity index (χ2v) is 3.27. The molecule has 1 aromatic rings. The van der Waals surface area contributed by atoms with Crippen LogP contribution in [0.5, 0.6) is 5.75 Å². The van der Waals surface area contributed by atoms with Gasteiger partial charge < -0.3 is 14.6 Å². The van der Waals surface area contributed by atoms with Crippen LogP contribution < -0.4 is 9.84 Å². The van der Waals surface area contributed by atoms with Crippen LogP contribution in [-0.2, 0) is 0 Å². The molecule has 3 nitrogen and oxygen atoms in total. The van der Waals surface area contributed by atoms with Gasteiger partial charge in [0.05, 0.1) is 11.0 Å². The summed E-state index contributed by atoms with van der Waals surface area (Å²) in [6.07, 6.45) is 0. The van der Waals surface area contributed by atoms with Crippen molar-refractivity contribution < 1.29 is 23.4 Å². The van der Waals surface area contributed by atoms with E-state index in [4.69, 9.17) is 23.2 Å². The van der Waals surface area contributed by atoms with Crippen molar-refractivity contribution in [2.45, 2.75) is 6.61 Å². The first-order valence-corrected chi connectivity index (χ1v) is 4.32. The van der Waals surface area contributed by atoms with Crippen molar-refractivity contribution in [1.29, 1.82) is 0 Å². The number of ether oxygens (including phenoxy) is 1. The molecule has 0 saturated carbocycles. The molecule has 0 aliphatic heterocycles. The highest BCUT2D eigenvalue weighted by Crippen LogP contribution is 2.33. The zero-order valence-electron chi connectivity index (χ0n) is 6.97. The quantitative estimate of drug-likeness (QED) is 0.830. The van der Waals surface area contributed by atoms with Gasteiger partial charge in [0.2, 0.25) is 0 Å². The molecule has 0 bridgehead atoms. The molecule has 1 rings (SSSR count). The first-order chi connectivity index (χ1) is 6.91. The Morgan fingerprint density at radius 2 is 2.00 bits per heavy atom. The maximum Gasteiger partial charge on any atom is 0.387 e. The number of halogens is 4. The number of carboxylic acid groups (broad SMARTS) is 1. The van der Waals surface area contributed by atoms with Gasteiger partial charge in [0, 0.05) is 10.6 Å². The predicted octanol–water partition coefficient (Wildman–Crippen LogP) is 1.96. The third-order valence-corrected chi connectivity index (χ3v) is 1.93. The van der Waals surface area contributed by atoms with Gasteiger partial charge in [0.15, 0.2) is 5.75 Å². The van der Waals surface area contributed by atoms with E-state index < -0.39 is 23.9 Å². The smallest absolute Gasteiger partial charge is 0.387 e. The first-order valence-electron chi connectivity index (χ1n) is 3.57. The van der Waals surface area contributed by atoms with Gasteiger partial charge in [0.25, 0.3) is 0 Å². The summed E-state index contributed by atoms with van der Waals surface area (Å²) in [5, 5.41) is 10.2. The van der Waals surface area contributed by atoms with Crippen LogP contribution >= 0.6 is 23.2 Å². The number of hydrogen-bond donors (Lipinski definition) is 0. The second kappa shape index (κ2) is 4.63. The lowest BCUT2D eigenvalue weighted by atomic mass is 10.2. The second-order valence-electron chi connectivity index (χ2n) is 2.43. The summed E-state index contributed by atoms with van der Waals surface area (Å²) < 4.78 is 27.8. The maximum atomic E-state index is 11.9. The lowest BCUT2D eigenvalue weighted by Crippen LogP contribution is -2.23. The number of rotatable bonds is 3. The van der Waals surface area contributed by atoms with Crippen molar-refractivity contribution in [3.05, 3.63) is 27.7 Å². The zero-order valence-corrected chi connectivity index (χ0v) is 8.48. The van der Waals surface area contributed by atoms with Crippen LogP contribution in [0, 0.1) is 0 Å². The van der Waals surface area contributed by atoms with Gasteiger partial charge in [-0.1, -0.05) is 23.2 Å². The molecule has 1 aromatic carbocycles. The van der Waals surface area contributed by atoms with Gasteiger partial charge in [-0.2, -0.15) is 8.78 Å². The molecule has 0 aromatic heterocycles. The summed E-state index contributed by atoms with van der Waals surface area (Å²) in [4.78, 5) is 10.6. The zero-order chi connectivity index (χ0) is 11.6. The van der Waals surface area contributed by atoms with Crippen LogP contribution in [0.1, 0.15) is 10.4 Å². The van der Waals surface area contributed by atoms with Crippen LogP contribution in [0.4, 0.5) is 8.78 Å². The fourth-order valence-corrected chi connectivity index (χ4v) is 1.46. The van der Waals surface area contributed by atoms with E-state index in [1.165, 1.54) is 0 Å². The first kappa shape index (κ1) is 12.0. The van der Waals surface area contributed by atoms with E-state index in [2.05, 4.69) is 4.74 Å². The van der Waals surface area contributed by atoms with Gasteiger partial charge in [-0.3, -0.25) is 0 Å². The molecule has 0 aliphatic carbocycles. The summed E-state index contributed by atoms with van der Waals surface area (Å²) in [5.74, 6) is -2.36. The molecular weight excluding hydrogens is 253 g/mol. The summed E-state index contributed by atoms with van der Waals surface area (Å²) in [6, 6.07) is 2.01. The Hall–Kier alpha value is -1.07. The number of aromatic carboxylic acids is 1. The van der Waals surface area contributed by atoms with Crippen molar-refractivity contribution in [3.63, 3.8) is 0 Å². The monoisotopic (exact) mass is 255 g/mol. The number of carbonyl (C=O) groups excluding carboxylic acids is 1. The molecular formula is C8H3Cl2F2O3-. The molecule has 0 saturated heterocycles. The predicted molar refractivity (Wildman–Crippen MR) is 47.4 cm³/mol. The molecule has 82 valence electrons. The van der Waals surface area contributed by atoms with Crippen LogP contribution in [0.2, 0.25) is 10.0 Å². The van der Waals surface area contributed by atoms with E-state index in [0.29, 0.717) is 0 Å². The van der Waals surface area contributed by atoms with Gasteiger partial charge in [-0.05, 0) is 12.1 Å². The minimum Gasteiger partial charge on any atom is -0.545 e. The standard InChI is InChI=1S/C8H4Cl2F2O3/c9-3-1-4(7(13)14)6(5(10)2-3)15-8(11)12/h1-2,8H,(H,13,14)/p-1. The Kier molecular flexibility index (Phi) is 3.71. The molecule has 0 spiro atoms. The van der Waals surface area contributed by atoms with Crippen LogP contribution in [0.25, 0.3) is 0 Å². The van der Waals surface area contributed by atoms with Crippen LogP contribution in [0.15, 0.2) is 12.1 Å². The van der Waals surface area contributed by atoms with E-state index in [9.17, 15) is 18.7 Å². The SMILES string of the molecule is O=C([O-])c1cc(Cl)cc(Cl)c1OC(F)F. The summed E-state index contributed by atoms with van der Waals surface area (Å²) in [5.41, 5.74) is -0.618. The van der Waals surface area contributed by atoms with E-state index in [0.717, 1.165) is 12.1 Å². The summed E-state index contributed by atoms with van der Waals surface area (Å²) in [6.45, 7) is -3.18. The van der Waals surface area contributed by atoms with Gasteiger partial charge in [0.1, 0.15) is 0 Å². The molecule has 15 heavy (non-hydrogen) atoms. The van der Waals surface area contributed by atoms with Gasteiger partial charge >= 0.3 is 6.61 Å². The molecule has 0 atom stereocenters. The van der Waals surface area contributed by atoms with E-state index in [1.54, 1.807) is 0 Å². The van der Waals surface area contributed by atoms with Crippen molar-refractivity contribution in [1.82, 2.24) is 0 Å². The Morgan fingerprint density at radius 3 is 2.47 bits per heavy atom. The number of alkyl halides is 2. The maximum absolute atomic E-state index is 11.9. The molecule has 0 radical (unpaired) electrons. The van der Waals surface area contributed by atoms with Crippen molar-refractivity contribution in [2.75, 3.05) is 0 Å². The average Bonchev–Trinajstić information content (AvgIpc) is 2.08. The average molecular weight is 256 g/mol. The highest BCUT2D eigenvalue weighted by molar-refractivity contribution is 6.36. The van der Waals surface area contributed by atoms with Gasteiger partial charge in [-0.25, -0.2) is 0 Å². The highest BCUT2D eigenvalue weighted by atomic mass is 35.5. The molecule has 0 fully saturated rings. The van der Waals surface area contributed by atoms with E-state index in [1.807, 2.05) is 0 Å². The lowest BCUT2D eigenvalue weighted by molar-refractivity contribution is -0.255. The summed E-state index contributed by atoms with van der Waals surface area (Å²) in [7, 11) is 0.